The molecule has 4 nitrogen and oxygen atoms in total. The number of fused-ring (bicyclic) bond motifs is 1. The molecular weight excluding hydrogens is 528 g/mol. The number of rotatable bonds is 15. The maximum atomic E-state index is 12.8. The summed E-state index contributed by atoms with van der Waals surface area (Å²) in [5, 5.41) is 11.6. The third-order valence-corrected chi connectivity index (χ3v) is 8.71. The lowest BCUT2D eigenvalue weighted by Crippen LogP contribution is -2.35. The van der Waals surface area contributed by atoms with Crippen LogP contribution in [0.15, 0.2) is 48.5 Å². The molecule has 41 heavy (non-hydrogen) atoms. The van der Waals surface area contributed by atoms with E-state index in [1.54, 1.807) is 11.3 Å². The fourth-order valence-corrected chi connectivity index (χ4v) is 6.14. The Labute approximate surface area is 252 Å². The molecule has 0 aliphatic heterocycles. The van der Waals surface area contributed by atoms with Crippen molar-refractivity contribution in [2.45, 2.75) is 106 Å². The molecule has 0 spiro atoms. The van der Waals surface area contributed by atoms with Gasteiger partial charge in [0.05, 0.1) is 18.6 Å². The minimum absolute atomic E-state index is 0.0333. The average Bonchev–Trinajstić information content (AvgIpc) is 3.33. The van der Waals surface area contributed by atoms with Crippen LogP contribution in [0.1, 0.15) is 99.0 Å². The number of unbranched alkanes of at least 4 members (excludes halogenated alkanes) is 3. The van der Waals surface area contributed by atoms with Gasteiger partial charge < -0.3 is 14.6 Å². The van der Waals surface area contributed by atoms with Crippen LogP contribution in [0.3, 0.4) is 0 Å². The van der Waals surface area contributed by atoms with Crippen molar-refractivity contribution in [3.8, 4) is 16.2 Å². The molecule has 2 aromatic carbocycles. The van der Waals surface area contributed by atoms with Crippen molar-refractivity contribution in [3.63, 3.8) is 0 Å². The summed E-state index contributed by atoms with van der Waals surface area (Å²) < 4.78 is 12.8. The number of hydrogen-bond donors (Lipinski definition) is 1. The van der Waals surface area contributed by atoms with Gasteiger partial charge in [0.2, 0.25) is 0 Å². The SMILES string of the molecule is CCCCCc1ccc(-c2cc3ccc(OCCCCC(O)COC(=O)C(CC(C)(C)C)C(C)(C)C)cc3s2)cc1. The fraction of sp³-hybridized carbons (Fsp3) is 0.583. The average molecular weight is 581 g/mol. The van der Waals surface area contributed by atoms with Crippen LogP contribution in [0.25, 0.3) is 20.5 Å². The van der Waals surface area contributed by atoms with Crippen molar-refractivity contribution in [2.24, 2.45) is 16.7 Å². The van der Waals surface area contributed by atoms with E-state index in [0.29, 0.717) is 13.0 Å². The van der Waals surface area contributed by atoms with Gasteiger partial charge in [-0.05, 0) is 90.1 Å². The highest BCUT2D eigenvalue weighted by Crippen LogP contribution is 2.37. The Kier molecular flexibility index (Phi) is 12.3. The predicted octanol–water partition coefficient (Wildman–Crippen LogP) is 9.85. The first-order valence-electron chi connectivity index (χ1n) is 15.5. The number of carbonyl (C=O) groups is 1. The molecule has 0 amide bonds. The van der Waals surface area contributed by atoms with Crippen molar-refractivity contribution in [2.75, 3.05) is 13.2 Å². The first-order valence-corrected chi connectivity index (χ1v) is 16.3. The summed E-state index contributed by atoms with van der Waals surface area (Å²) in [7, 11) is 0. The number of esters is 1. The van der Waals surface area contributed by atoms with E-state index >= 15 is 0 Å². The number of ether oxygens (including phenoxy) is 2. The van der Waals surface area contributed by atoms with Gasteiger partial charge in [-0.1, -0.05) is 85.6 Å². The Balaban J connectivity index is 1.41. The Morgan fingerprint density at radius 1 is 0.927 bits per heavy atom. The molecule has 226 valence electrons. The third-order valence-electron chi connectivity index (χ3n) is 7.56. The predicted molar refractivity (Wildman–Crippen MR) is 174 cm³/mol. The molecule has 3 rings (SSSR count). The van der Waals surface area contributed by atoms with Crippen LogP contribution in [-0.2, 0) is 16.0 Å². The van der Waals surface area contributed by atoms with Crippen molar-refractivity contribution in [3.05, 3.63) is 54.1 Å². The third kappa shape index (κ3) is 11.1. The Bertz CT molecular complexity index is 1210. The maximum Gasteiger partial charge on any atom is 0.309 e. The smallest absolute Gasteiger partial charge is 0.309 e. The van der Waals surface area contributed by atoms with E-state index < -0.39 is 6.10 Å². The zero-order valence-corrected chi connectivity index (χ0v) is 27.2. The van der Waals surface area contributed by atoms with Crippen molar-refractivity contribution in [1.29, 1.82) is 0 Å². The highest BCUT2D eigenvalue weighted by molar-refractivity contribution is 7.22. The monoisotopic (exact) mass is 580 g/mol. The number of aliphatic hydroxyl groups is 1. The van der Waals surface area contributed by atoms with Gasteiger partial charge in [0.25, 0.3) is 0 Å². The van der Waals surface area contributed by atoms with Crippen LogP contribution in [0.4, 0.5) is 0 Å². The molecule has 0 bridgehead atoms. The van der Waals surface area contributed by atoms with Crippen molar-refractivity contribution in [1.82, 2.24) is 0 Å². The van der Waals surface area contributed by atoms with Crippen LogP contribution in [0.5, 0.6) is 5.75 Å². The minimum atomic E-state index is -0.652. The van der Waals surface area contributed by atoms with Gasteiger partial charge >= 0.3 is 5.97 Å². The van der Waals surface area contributed by atoms with Crippen LogP contribution >= 0.6 is 11.3 Å². The molecule has 3 aromatic rings. The van der Waals surface area contributed by atoms with Crippen molar-refractivity contribution >= 4 is 27.4 Å². The van der Waals surface area contributed by atoms with Gasteiger partial charge in [0.1, 0.15) is 12.4 Å². The summed E-state index contributed by atoms with van der Waals surface area (Å²) in [4.78, 5) is 14.1. The Hall–Kier alpha value is -2.37. The van der Waals surface area contributed by atoms with Gasteiger partial charge in [0.15, 0.2) is 0 Å². The molecule has 1 aromatic heterocycles. The molecular formula is C36H52O4S. The summed E-state index contributed by atoms with van der Waals surface area (Å²) >= 11 is 1.80. The second kappa shape index (κ2) is 15.2. The lowest BCUT2D eigenvalue weighted by Gasteiger charge is -2.34. The number of hydrogen-bond acceptors (Lipinski definition) is 5. The van der Waals surface area contributed by atoms with Gasteiger partial charge in [-0.25, -0.2) is 0 Å². The molecule has 1 heterocycles. The quantitative estimate of drug-likeness (QED) is 0.144. The summed E-state index contributed by atoms with van der Waals surface area (Å²) in [5.41, 5.74) is 2.53. The number of carbonyl (C=O) groups excluding carboxylic acids is 1. The minimum Gasteiger partial charge on any atom is -0.494 e. The molecule has 5 heteroatoms. The van der Waals surface area contributed by atoms with Gasteiger partial charge in [-0.2, -0.15) is 0 Å². The van der Waals surface area contributed by atoms with E-state index in [2.05, 4.69) is 90.9 Å². The Morgan fingerprint density at radius 2 is 1.66 bits per heavy atom. The maximum absolute atomic E-state index is 12.8. The van der Waals surface area contributed by atoms with E-state index in [1.807, 2.05) is 6.07 Å². The van der Waals surface area contributed by atoms with Crippen LogP contribution < -0.4 is 4.74 Å². The van der Waals surface area contributed by atoms with Crippen LogP contribution in [-0.4, -0.2) is 30.4 Å². The van der Waals surface area contributed by atoms with Crippen molar-refractivity contribution < 1.29 is 19.4 Å². The summed E-state index contributed by atoms with van der Waals surface area (Å²) in [6.45, 7) is 15.5. The normalized spacial score (nSPS) is 13.8. The van der Waals surface area contributed by atoms with E-state index in [1.165, 1.54) is 45.4 Å². The molecule has 0 aliphatic rings. The lowest BCUT2D eigenvalue weighted by molar-refractivity contribution is -0.157. The van der Waals surface area contributed by atoms with E-state index in [9.17, 15) is 9.90 Å². The molecule has 0 saturated carbocycles. The standard InChI is InChI=1S/C36H52O4S/c1-8-9-10-13-26-15-17-27(18-16-26)32-22-28-19-20-30(23-33(28)41-32)39-21-12-11-14-29(37)25-40-34(38)31(36(5,6)7)24-35(2,3)4/h15-20,22-23,29,31,37H,8-14,21,24-25H2,1-7H3. The number of thiophene rings is 1. The summed E-state index contributed by atoms with van der Waals surface area (Å²) in [5.74, 6) is 0.473. The van der Waals surface area contributed by atoms with Gasteiger partial charge in [-0.3, -0.25) is 4.79 Å². The summed E-state index contributed by atoms with van der Waals surface area (Å²) in [6.07, 6.45) is 7.29. The largest absolute Gasteiger partial charge is 0.494 e. The zero-order chi connectivity index (χ0) is 30.0. The second-order valence-electron chi connectivity index (χ2n) is 13.8. The summed E-state index contributed by atoms with van der Waals surface area (Å²) in [6, 6.07) is 17.6. The molecule has 0 saturated heterocycles. The molecule has 2 atom stereocenters. The first kappa shape index (κ1) is 33.1. The van der Waals surface area contributed by atoms with Gasteiger partial charge in [0, 0.05) is 9.58 Å². The molecule has 0 fully saturated rings. The number of aryl methyl sites for hydroxylation is 1. The fourth-order valence-electron chi connectivity index (χ4n) is 5.05. The Morgan fingerprint density at radius 3 is 2.32 bits per heavy atom. The molecule has 2 unspecified atom stereocenters. The van der Waals surface area contributed by atoms with E-state index in [4.69, 9.17) is 9.47 Å². The molecule has 0 radical (unpaired) electrons. The lowest BCUT2D eigenvalue weighted by atomic mass is 9.72. The van der Waals surface area contributed by atoms with Crippen LogP contribution in [0, 0.1) is 16.7 Å². The van der Waals surface area contributed by atoms with E-state index in [0.717, 1.165) is 31.4 Å². The van der Waals surface area contributed by atoms with E-state index in [-0.39, 0.29) is 29.3 Å². The topological polar surface area (TPSA) is 55.8 Å². The zero-order valence-electron chi connectivity index (χ0n) is 26.4. The number of benzene rings is 2. The van der Waals surface area contributed by atoms with Crippen LogP contribution in [0.2, 0.25) is 0 Å². The number of aliphatic hydroxyl groups excluding tert-OH is 1. The highest BCUT2D eigenvalue weighted by Gasteiger charge is 2.36. The highest BCUT2D eigenvalue weighted by atomic mass is 32.1. The van der Waals surface area contributed by atoms with Gasteiger partial charge in [-0.15, -0.1) is 11.3 Å². The first-order chi connectivity index (χ1) is 19.4. The molecule has 1 N–H and O–H groups in total. The molecule has 0 aliphatic carbocycles. The second-order valence-corrected chi connectivity index (χ2v) is 14.9.